The molecule has 1 saturated carbocycles. The molecule has 0 atom stereocenters. The molecule has 5 nitrogen and oxygen atoms in total. The van der Waals surface area contributed by atoms with Gasteiger partial charge >= 0.3 is 5.97 Å². The smallest absolute Gasteiger partial charge is 0.305 e. The summed E-state index contributed by atoms with van der Waals surface area (Å²) in [7, 11) is 0. The number of aromatic hydroxyl groups is 1. The van der Waals surface area contributed by atoms with E-state index in [1.165, 1.54) is 0 Å². The molecule has 1 aromatic carbocycles. The number of carbonyl (C=O) groups excluding carboxylic acids is 1. The van der Waals surface area contributed by atoms with Crippen molar-refractivity contribution in [1.82, 2.24) is 5.32 Å². The Kier molecular flexibility index (Phi) is 4.50. The second-order valence-electron chi connectivity index (χ2n) is 5.84. The number of carbonyl (C=O) groups is 2. The highest BCUT2D eigenvalue weighted by Crippen LogP contribution is 2.32. The molecule has 21 heavy (non-hydrogen) atoms. The summed E-state index contributed by atoms with van der Waals surface area (Å²) >= 11 is 0. The van der Waals surface area contributed by atoms with Crippen LogP contribution in [0.1, 0.15) is 54.4 Å². The van der Waals surface area contributed by atoms with E-state index < -0.39 is 17.4 Å². The molecule has 2 rings (SSSR count). The first-order valence-corrected chi connectivity index (χ1v) is 7.26. The first kappa shape index (κ1) is 15.4. The number of carboxylic acid groups (broad SMARTS) is 1. The van der Waals surface area contributed by atoms with Crippen molar-refractivity contribution in [2.24, 2.45) is 0 Å². The summed E-state index contributed by atoms with van der Waals surface area (Å²) in [6.07, 6.45) is 4.13. The normalized spacial score (nSPS) is 17.2. The van der Waals surface area contributed by atoms with Gasteiger partial charge in [0.05, 0.1) is 17.5 Å². The highest BCUT2D eigenvalue weighted by Gasteiger charge is 2.36. The number of aryl methyl sites for hydroxylation is 1. The molecule has 114 valence electrons. The van der Waals surface area contributed by atoms with Gasteiger partial charge in [-0.15, -0.1) is 0 Å². The van der Waals surface area contributed by atoms with Crippen molar-refractivity contribution in [2.75, 3.05) is 0 Å². The molecular weight excluding hydrogens is 270 g/mol. The number of rotatable bonds is 4. The van der Waals surface area contributed by atoms with Gasteiger partial charge in [0.2, 0.25) is 0 Å². The summed E-state index contributed by atoms with van der Waals surface area (Å²) < 4.78 is 0. The predicted octanol–water partition coefficient (Wildman–Crippen LogP) is 2.61. The monoisotopic (exact) mass is 291 g/mol. The Hall–Kier alpha value is -2.04. The van der Waals surface area contributed by atoms with Crippen LogP contribution in [0.15, 0.2) is 18.2 Å². The van der Waals surface area contributed by atoms with Crippen LogP contribution in [0.4, 0.5) is 0 Å². The summed E-state index contributed by atoms with van der Waals surface area (Å²) in [5.41, 5.74) is 0.126. The average molecular weight is 291 g/mol. The molecule has 1 fully saturated rings. The lowest BCUT2D eigenvalue weighted by Crippen LogP contribution is -2.51. The number of carboxylic acids is 1. The van der Waals surface area contributed by atoms with E-state index in [-0.39, 0.29) is 17.7 Å². The van der Waals surface area contributed by atoms with Gasteiger partial charge in [0.1, 0.15) is 5.75 Å². The molecule has 1 aliphatic rings. The Balaban J connectivity index is 2.21. The van der Waals surface area contributed by atoms with E-state index in [2.05, 4.69) is 5.32 Å². The van der Waals surface area contributed by atoms with Gasteiger partial charge in [-0.3, -0.25) is 9.59 Å². The van der Waals surface area contributed by atoms with Crippen LogP contribution in [-0.2, 0) is 4.79 Å². The van der Waals surface area contributed by atoms with Gasteiger partial charge in [0.15, 0.2) is 0 Å². The number of phenolic OH excluding ortho intramolecular Hbond substituents is 1. The standard InChI is InChI=1S/C16H21NO4/c1-11-6-5-7-12(14(11)20)15(21)17-16(10-13(18)19)8-3-2-4-9-16/h5-7,20H,2-4,8-10H2,1H3,(H,17,21)(H,18,19). The average Bonchev–Trinajstić information content (AvgIpc) is 2.41. The molecule has 5 heteroatoms. The number of hydrogen-bond acceptors (Lipinski definition) is 3. The van der Waals surface area contributed by atoms with Gasteiger partial charge in [-0.05, 0) is 31.4 Å². The number of aliphatic carboxylic acids is 1. The van der Waals surface area contributed by atoms with E-state index >= 15 is 0 Å². The van der Waals surface area contributed by atoms with Crippen LogP contribution in [0, 0.1) is 6.92 Å². The molecule has 3 N–H and O–H groups in total. The minimum atomic E-state index is -0.911. The van der Waals surface area contributed by atoms with Gasteiger partial charge in [-0.1, -0.05) is 31.4 Å². The number of nitrogens with one attached hydrogen (secondary N) is 1. The zero-order valence-electron chi connectivity index (χ0n) is 12.2. The maximum Gasteiger partial charge on any atom is 0.305 e. The van der Waals surface area contributed by atoms with Crippen molar-refractivity contribution in [3.8, 4) is 5.75 Å². The zero-order valence-corrected chi connectivity index (χ0v) is 12.2. The van der Waals surface area contributed by atoms with E-state index in [0.29, 0.717) is 18.4 Å². The number of hydrogen-bond donors (Lipinski definition) is 3. The Morgan fingerprint density at radius 3 is 2.52 bits per heavy atom. The predicted molar refractivity (Wildman–Crippen MR) is 78.4 cm³/mol. The molecule has 0 aromatic heterocycles. The second-order valence-corrected chi connectivity index (χ2v) is 5.84. The minimum absolute atomic E-state index is 0.0451. The lowest BCUT2D eigenvalue weighted by molar-refractivity contribution is -0.139. The lowest BCUT2D eigenvalue weighted by atomic mass is 9.79. The van der Waals surface area contributed by atoms with Gasteiger partial charge in [0.25, 0.3) is 5.91 Å². The highest BCUT2D eigenvalue weighted by molar-refractivity contribution is 5.97. The van der Waals surface area contributed by atoms with Crippen molar-refractivity contribution in [1.29, 1.82) is 0 Å². The molecule has 0 spiro atoms. The quantitative estimate of drug-likeness (QED) is 0.796. The molecule has 0 saturated heterocycles. The van der Waals surface area contributed by atoms with Crippen molar-refractivity contribution < 1.29 is 19.8 Å². The van der Waals surface area contributed by atoms with E-state index in [0.717, 1.165) is 19.3 Å². The van der Waals surface area contributed by atoms with Crippen molar-refractivity contribution in [3.63, 3.8) is 0 Å². The third-order valence-electron chi connectivity index (χ3n) is 4.16. The first-order valence-electron chi connectivity index (χ1n) is 7.26. The molecule has 1 aliphatic carbocycles. The third kappa shape index (κ3) is 3.54. The summed E-state index contributed by atoms with van der Waals surface area (Å²) in [4.78, 5) is 23.5. The minimum Gasteiger partial charge on any atom is -0.507 e. The Bertz CT molecular complexity index is 547. The molecule has 0 bridgehead atoms. The summed E-state index contributed by atoms with van der Waals surface area (Å²) in [5.74, 6) is -1.36. The first-order chi connectivity index (χ1) is 9.93. The Morgan fingerprint density at radius 1 is 1.24 bits per heavy atom. The van der Waals surface area contributed by atoms with Crippen molar-refractivity contribution >= 4 is 11.9 Å². The number of para-hydroxylation sites is 1. The van der Waals surface area contributed by atoms with Gasteiger partial charge in [0, 0.05) is 0 Å². The molecule has 0 aliphatic heterocycles. The van der Waals surface area contributed by atoms with E-state index in [4.69, 9.17) is 5.11 Å². The van der Waals surface area contributed by atoms with Crippen molar-refractivity contribution in [3.05, 3.63) is 29.3 Å². The summed E-state index contributed by atoms with van der Waals surface area (Å²) in [6.45, 7) is 1.72. The van der Waals surface area contributed by atoms with Crippen LogP contribution < -0.4 is 5.32 Å². The number of phenols is 1. The second kappa shape index (κ2) is 6.16. The Morgan fingerprint density at radius 2 is 1.90 bits per heavy atom. The SMILES string of the molecule is Cc1cccc(C(=O)NC2(CC(=O)O)CCCCC2)c1O. The van der Waals surface area contributed by atoms with Gasteiger partial charge < -0.3 is 15.5 Å². The molecule has 1 aromatic rings. The van der Waals surface area contributed by atoms with E-state index in [1.807, 2.05) is 0 Å². The highest BCUT2D eigenvalue weighted by atomic mass is 16.4. The van der Waals surface area contributed by atoms with Crippen LogP contribution in [-0.4, -0.2) is 27.6 Å². The fourth-order valence-electron chi connectivity index (χ4n) is 3.01. The van der Waals surface area contributed by atoms with Crippen LogP contribution in [0.3, 0.4) is 0 Å². The molecule has 0 unspecified atom stereocenters. The van der Waals surface area contributed by atoms with E-state index in [9.17, 15) is 14.7 Å². The maximum absolute atomic E-state index is 12.4. The maximum atomic E-state index is 12.4. The topological polar surface area (TPSA) is 86.6 Å². The lowest BCUT2D eigenvalue weighted by Gasteiger charge is -2.37. The molecule has 0 radical (unpaired) electrons. The number of benzene rings is 1. The fourth-order valence-corrected chi connectivity index (χ4v) is 3.01. The van der Waals surface area contributed by atoms with Crippen molar-refractivity contribution in [2.45, 2.75) is 51.0 Å². The van der Waals surface area contributed by atoms with Crippen LogP contribution in [0.2, 0.25) is 0 Å². The summed E-state index contributed by atoms with van der Waals surface area (Å²) in [6, 6.07) is 4.98. The fraction of sp³-hybridized carbons (Fsp3) is 0.500. The summed E-state index contributed by atoms with van der Waals surface area (Å²) in [5, 5.41) is 22.0. The van der Waals surface area contributed by atoms with Crippen LogP contribution >= 0.6 is 0 Å². The third-order valence-corrected chi connectivity index (χ3v) is 4.16. The van der Waals surface area contributed by atoms with E-state index in [1.54, 1.807) is 25.1 Å². The van der Waals surface area contributed by atoms with Crippen LogP contribution in [0.25, 0.3) is 0 Å². The molecule has 1 amide bonds. The Labute approximate surface area is 124 Å². The zero-order chi connectivity index (χ0) is 15.5. The largest absolute Gasteiger partial charge is 0.507 e. The van der Waals surface area contributed by atoms with Crippen LogP contribution in [0.5, 0.6) is 5.75 Å². The molecular formula is C16H21NO4. The van der Waals surface area contributed by atoms with Gasteiger partial charge in [-0.2, -0.15) is 0 Å². The van der Waals surface area contributed by atoms with Gasteiger partial charge in [-0.25, -0.2) is 0 Å². The molecule has 0 heterocycles. The number of amides is 1.